The van der Waals surface area contributed by atoms with Crippen LogP contribution in [-0.4, -0.2) is 41.9 Å². The number of carbonyl (C=O) groups is 2. The van der Waals surface area contributed by atoms with Crippen LogP contribution in [0.2, 0.25) is 0 Å². The van der Waals surface area contributed by atoms with Gasteiger partial charge in [0.25, 0.3) is 0 Å². The molecule has 6 nitrogen and oxygen atoms in total. The third kappa shape index (κ3) is 4.18. The molecular weight excluding hydrogens is 236 g/mol. The Bertz CT molecular complexity index is 313. The van der Waals surface area contributed by atoms with Crippen molar-refractivity contribution in [3.63, 3.8) is 0 Å². The Morgan fingerprint density at radius 3 is 2.33 bits per heavy atom. The average molecular weight is 258 g/mol. The van der Waals surface area contributed by atoms with Crippen molar-refractivity contribution in [1.29, 1.82) is 0 Å². The van der Waals surface area contributed by atoms with E-state index in [9.17, 15) is 9.59 Å². The Labute approximate surface area is 107 Å². The van der Waals surface area contributed by atoms with Crippen LogP contribution >= 0.6 is 0 Å². The summed E-state index contributed by atoms with van der Waals surface area (Å²) < 4.78 is 5.25. The fourth-order valence-electron chi connectivity index (χ4n) is 1.80. The summed E-state index contributed by atoms with van der Waals surface area (Å²) in [6.45, 7) is 6.50. The van der Waals surface area contributed by atoms with Crippen LogP contribution in [0, 0.1) is 5.92 Å². The summed E-state index contributed by atoms with van der Waals surface area (Å²) in [4.78, 5) is 22.6. The largest absolute Gasteiger partial charge is 0.481 e. The molecule has 18 heavy (non-hydrogen) atoms. The molecule has 6 heteroatoms. The number of carboxylic acids is 1. The van der Waals surface area contributed by atoms with Gasteiger partial charge in [-0.15, -0.1) is 0 Å². The van der Waals surface area contributed by atoms with Gasteiger partial charge in [-0.2, -0.15) is 0 Å². The minimum absolute atomic E-state index is 0.269. The van der Waals surface area contributed by atoms with E-state index in [1.807, 2.05) is 6.92 Å². The first-order valence-corrected chi connectivity index (χ1v) is 6.23. The molecule has 0 aliphatic carbocycles. The Hall–Kier alpha value is -1.30. The Morgan fingerprint density at radius 2 is 1.83 bits per heavy atom. The maximum atomic E-state index is 11.8. The fourth-order valence-corrected chi connectivity index (χ4v) is 1.80. The van der Waals surface area contributed by atoms with E-state index in [1.165, 1.54) is 0 Å². The topological polar surface area (TPSA) is 87.7 Å². The van der Waals surface area contributed by atoms with E-state index in [4.69, 9.17) is 9.84 Å². The lowest BCUT2D eigenvalue weighted by Crippen LogP contribution is -2.55. The van der Waals surface area contributed by atoms with E-state index in [0.29, 0.717) is 13.2 Å². The number of amides is 2. The Morgan fingerprint density at radius 1 is 1.28 bits per heavy atom. The van der Waals surface area contributed by atoms with E-state index in [-0.39, 0.29) is 11.6 Å². The zero-order valence-electron chi connectivity index (χ0n) is 11.2. The van der Waals surface area contributed by atoms with Gasteiger partial charge in [-0.1, -0.05) is 0 Å². The molecule has 1 fully saturated rings. The van der Waals surface area contributed by atoms with Gasteiger partial charge in [0.2, 0.25) is 0 Å². The molecule has 2 unspecified atom stereocenters. The molecule has 0 bridgehead atoms. The molecule has 0 radical (unpaired) electrons. The van der Waals surface area contributed by atoms with Crippen molar-refractivity contribution in [3.05, 3.63) is 0 Å². The van der Waals surface area contributed by atoms with Crippen LogP contribution in [0.15, 0.2) is 0 Å². The molecule has 1 rings (SSSR count). The number of hydrogen-bond donors (Lipinski definition) is 3. The van der Waals surface area contributed by atoms with Gasteiger partial charge in [-0.25, -0.2) is 4.79 Å². The number of rotatable bonds is 4. The first kappa shape index (κ1) is 14.8. The highest BCUT2D eigenvalue weighted by Gasteiger charge is 2.30. The Kier molecular flexibility index (Phi) is 4.95. The molecule has 2 amide bonds. The van der Waals surface area contributed by atoms with Gasteiger partial charge in [0.05, 0.1) is 5.92 Å². The van der Waals surface area contributed by atoms with Crippen LogP contribution in [0.1, 0.15) is 33.6 Å². The molecule has 0 saturated carbocycles. The van der Waals surface area contributed by atoms with Gasteiger partial charge in [0.1, 0.15) is 0 Å². The normalized spacial score (nSPS) is 21.7. The number of hydrogen-bond acceptors (Lipinski definition) is 3. The highest BCUT2D eigenvalue weighted by molar-refractivity contribution is 5.77. The molecule has 1 aliphatic heterocycles. The minimum atomic E-state index is -0.917. The van der Waals surface area contributed by atoms with Gasteiger partial charge in [-0.05, 0) is 33.6 Å². The first-order valence-electron chi connectivity index (χ1n) is 6.23. The summed E-state index contributed by atoms with van der Waals surface area (Å²) in [5.41, 5.74) is -0.269. The minimum Gasteiger partial charge on any atom is -0.481 e. The van der Waals surface area contributed by atoms with Crippen LogP contribution in [0.3, 0.4) is 0 Å². The van der Waals surface area contributed by atoms with Crippen molar-refractivity contribution in [2.45, 2.75) is 45.2 Å². The molecule has 1 saturated heterocycles. The number of carbonyl (C=O) groups excluding carboxylic acids is 1. The maximum Gasteiger partial charge on any atom is 0.315 e. The molecule has 0 spiro atoms. The van der Waals surface area contributed by atoms with Gasteiger partial charge in [0, 0.05) is 24.8 Å². The quantitative estimate of drug-likeness (QED) is 0.701. The van der Waals surface area contributed by atoms with E-state index < -0.39 is 17.9 Å². The fraction of sp³-hybridized carbons (Fsp3) is 0.833. The standard InChI is InChI=1S/C12H22N2O4/c1-8(10(15)16)9(2)13-11(17)14-12(3)4-6-18-7-5-12/h8-9H,4-7H2,1-3H3,(H,15,16)(H2,13,14,17). The molecule has 2 atom stereocenters. The van der Waals surface area contributed by atoms with E-state index >= 15 is 0 Å². The van der Waals surface area contributed by atoms with Crippen molar-refractivity contribution in [2.75, 3.05) is 13.2 Å². The summed E-state index contributed by atoms with van der Waals surface area (Å²) in [6.07, 6.45) is 1.53. The summed E-state index contributed by atoms with van der Waals surface area (Å²) in [7, 11) is 0. The monoisotopic (exact) mass is 258 g/mol. The lowest BCUT2D eigenvalue weighted by molar-refractivity contribution is -0.141. The maximum absolute atomic E-state index is 11.8. The van der Waals surface area contributed by atoms with Crippen LogP contribution in [0.5, 0.6) is 0 Å². The second-order valence-electron chi connectivity index (χ2n) is 5.19. The molecule has 1 aliphatic rings. The number of ether oxygens (including phenoxy) is 1. The van der Waals surface area contributed by atoms with E-state index in [2.05, 4.69) is 10.6 Å². The van der Waals surface area contributed by atoms with Crippen LogP contribution in [0.4, 0.5) is 4.79 Å². The summed E-state index contributed by atoms with van der Waals surface area (Å²) >= 11 is 0. The lowest BCUT2D eigenvalue weighted by atomic mass is 9.93. The second-order valence-corrected chi connectivity index (χ2v) is 5.19. The molecule has 3 N–H and O–H groups in total. The van der Waals surface area contributed by atoms with Gasteiger partial charge in [0.15, 0.2) is 0 Å². The predicted molar refractivity (Wildman–Crippen MR) is 66.4 cm³/mol. The molecule has 104 valence electrons. The van der Waals surface area contributed by atoms with Crippen LogP contribution < -0.4 is 10.6 Å². The van der Waals surface area contributed by atoms with Crippen molar-refractivity contribution in [3.8, 4) is 0 Å². The Balaban J connectivity index is 2.43. The molecule has 0 aromatic rings. The summed E-state index contributed by atoms with van der Waals surface area (Å²) in [6, 6.07) is -0.731. The van der Waals surface area contributed by atoms with Gasteiger partial charge in [-0.3, -0.25) is 4.79 Å². The third-order valence-electron chi connectivity index (χ3n) is 3.51. The van der Waals surface area contributed by atoms with Gasteiger partial charge < -0.3 is 20.5 Å². The number of carboxylic acid groups (broad SMARTS) is 1. The van der Waals surface area contributed by atoms with Crippen molar-refractivity contribution in [2.24, 2.45) is 5.92 Å². The molecular formula is C12H22N2O4. The van der Waals surface area contributed by atoms with Crippen molar-refractivity contribution in [1.82, 2.24) is 10.6 Å². The molecule has 0 aromatic carbocycles. The average Bonchev–Trinajstić information content (AvgIpc) is 2.27. The van der Waals surface area contributed by atoms with Crippen LogP contribution in [0.25, 0.3) is 0 Å². The summed E-state index contributed by atoms with van der Waals surface area (Å²) in [5.74, 6) is -1.53. The second kappa shape index (κ2) is 6.04. The highest BCUT2D eigenvalue weighted by Crippen LogP contribution is 2.19. The zero-order valence-corrected chi connectivity index (χ0v) is 11.2. The predicted octanol–water partition coefficient (Wildman–Crippen LogP) is 0.964. The van der Waals surface area contributed by atoms with Crippen molar-refractivity contribution < 1.29 is 19.4 Å². The third-order valence-corrected chi connectivity index (χ3v) is 3.51. The van der Waals surface area contributed by atoms with Gasteiger partial charge >= 0.3 is 12.0 Å². The smallest absolute Gasteiger partial charge is 0.315 e. The lowest BCUT2D eigenvalue weighted by Gasteiger charge is -2.35. The summed E-state index contributed by atoms with van der Waals surface area (Å²) in [5, 5.41) is 14.4. The van der Waals surface area contributed by atoms with Crippen molar-refractivity contribution >= 4 is 12.0 Å². The first-order chi connectivity index (χ1) is 8.34. The molecule has 1 heterocycles. The number of urea groups is 1. The number of nitrogens with one attached hydrogen (secondary N) is 2. The SMILES string of the molecule is CC(NC(=O)NC1(C)CCOCC1)C(C)C(=O)O. The highest BCUT2D eigenvalue weighted by atomic mass is 16.5. The number of aliphatic carboxylic acids is 1. The van der Waals surface area contributed by atoms with Crippen LogP contribution in [-0.2, 0) is 9.53 Å². The van der Waals surface area contributed by atoms with E-state index in [0.717, 1.165) is 12.8 Å². The molecule has 0 aromatic heterocycles. The zero-order chi connectivity index (χ0) is 13.8. The van der Waals surface area contributed by atoms with E-state index in [1.54, 1.807) is 13.8 Å².